The van der Waals surface area contributed by atoms with Crippen molar-refractivity contribution in [2.75, 3.05) is 20.2 Å². The van der Waals surface area contributed by atoms with E-state index in [0.29, 0.717) is 24.4 Å². The summed E-state index contributed by atoms with van der Waals surface area (Å²) in [6.45, 7) is 8.47. The Hall–Kier alpha value is -1.61. The molecule has 0 saturated carbocycles. The van der Waals surface area contributed by atoms with Gasteiger partial charge in [-0.05, 0) is 31.0 Å². The zero-order valence-electron chi connectivity index (χ0n) is 10.7. The zero-order valence-corrected chi connectivity index (χ0v) is 10.7. The topological polar surface area (TPSA) is 38.3 Å². The molecule has 0 fully saturated rings. The summed E-state index contributed by atoms with van der Waals surface area (Å²) in [5, 5.41) is 3.00. The van der Waals surface area contributed by atoms with Gasteiger partial charge in [0, 0.05) is 6.54 Å². The number of aryl methyl sites for hydroxylation is 1. The second kappa shape index (κ2) is 6.21. The largest absolute Gasteiger partial charge is 0.496 e. The van der Waals surface area contributed by atoms with Gasteiger partial charge in [0.25, 0.3) is 0 Å². The van der Waals surface area contributed by atoms with Gasteiger partial charge >= 0.3 is 0 Å². The van der Waals surface area contributed by atoms with Crippen LogP contribution in [0.25, 0.3) is 0 Å². The Balaban J connectivity index is 2.93. The van der Waals surface area contributed by atoms with Crippen molar-refractivity contribution in [2.24, 2.45) is 0 Å². The number of rotatable bonds is 6. The van der Waals surface area contributed by atoms with E-state index in [0.717, 1.165) is 11.1 Å². The van der Waals surface area contributed by atoms with Crippen LogP contribution in [-0.2, 0) is 0 Å². The van der Waals surface area contributed by atoms with Crippen LogP contribution in [0.15, 0.2) is 24.8 Å². The first-order valence-corrected chi connectivity index (χ1v) is 5.60. The van der Waals surface area contributed by atoms with Crippen LogP contribution in [0.3, 0.4) is 0 Å². The molecule has 3 nitrogen and oxygen atoms in total. The van der Waals surface area contributed by atoms with Gasteiger partial charge in [-0.2, -0.15) is 0 Å². The third-order valence-electron chi connectivity index (χ3n) is 2.76. The van der Waals surface area contributed by atoms with Gasteiger partial charge in [0.2, 0.25) is 0 Å². The zero-order chi connectivity index (χ0) is 12.8. The fourth-order valence-electron chi connectivity index (χ4n) is 1.66. The van der Waals surface area contributed by atoms with Crippen LogP contribution in [0, 0.1) is 13.8 Å². The molecular formula is C14H19NO2. The van der Waals surface area contributed by atoms with Crippen LogP contribution in [0.4, 0.5) is 0 Å². The van der Waals surface area contributed by atoms with Gasteiger partial charge in [-0.15, -0.1) is 6.58 Å². The number of ketones is 1. The summed E-state index contributed by atoms with van der Waals surface area (Å²) < 4.78 is 5.32. The third kappa shape index (κ3) is 3.17. The summed E-state index contributed by atoms with van der Waals surface area (Å²) in [5.41, 5.74) is 2.77. The van der Waals surface area contributed by atoms with Crippen molar-refractivity contribution in [1.82, 2.24) is 5.32 Å². The molecule has 92 valence electrons. The van der Waals surface area contributed by atoms with E-state index in [-0.39, 0.29) is 5.78 Å². The fraction of sp³-hybridized carbons (Fsp3) is 0.357. The van der Waals surface area contributed by atoms with Gasteiger partial charge < -0.3 is 10.1 Å². The number of benzene rings is 1. The van der Waals surface area contributed by atoms with E-state index in [1.807, 2.05) is 26.0 Å². The van der Waals surface area contributed by atoms with Crippen LogP contribution in [0.5, 0.6) is 5.75 Å². The maximum atomic E-state index is 12.0. The highest BCUT2D eigenvalue weighted by atomic mass is 16.5. The summed E-state index contributed by atoms with van der Waals surface area (Å²) in [7, 11) is 1.59. The molecule has 0 heterocycles. The van der Waals surface area contributed by atoms with Gasteiger partial charge in [0.1, 0.15) is 5.75 Å². The number of nitrogens with one attached hydrogen (secondary N) is 1. The van der Waals surface area contributed by atoms with Crippen LogP contribution >= 0.6 is 0 Å². The minimum Gasteiger partial charge on any atom is -0.496 e. The molecule has 0 radical (unpaired) electrons. The van der Waals surface area contributed by atoms with Crippen LogP contribution < -0.4 is 10.1 Å². The molecule has 0 atom stereocenters. The van der Waals surface area contributed by atoms with Crippen molar-refractivity contribution >= 4 is 5.78 Å². The second-order valence-electron chi connectivity index (χ2n) is 3.93. The Morgan fingerprint density at radius 1 is 1.47 bits per heavy atom. The third-order valence-corrected chi connectivity index (χ3v) is 2.76. The first-order valence-electron chi connectivity index (χ1n) is 5.60. The number of carbonyl (C=O) groups is 1. The predicted octanol–water partition coefficient (Wildman–Crippen LogP) is 2.27. The highest BCUT2D eigenvalue weighted by Gasteiger charge is 2.14. The molecule has 1 N–H and O–H groups in total. The molecular weight excluding hydrogens is 214 g/mol. The number of methoxy groups -OCH3 is 1. The molecule has 17 heavy (non-hydrogen) atoms. The first-order chi connectivity index (χ1) is 8.11. The molecule has 0 saturated heterocycles. The molecule has 0 aliphatic heterocycles. The van der Waals surface area contributed by atoms with Crippen molar-refractivity contribution in [3.8, 4) is 5.75 Å². The lowest BCUT2D eigenvalue weighted by Crippen LogP contribution is -2.23. The quantitative estimate of drug-likeness (QED) is 0.465. The molecule has 0 bridgehead atoms. The highest BCUT2D eigenvalue weighted by Crippen LogP contribution is 2.26. The predicted molar refractivity (Wildman–Crippen MR) is 69.9 cm³/mol. The lowest BCUT2D eigenvalue weighted by atomic mass is 10.0. The van der Waals surface area contributed by atoms with Gasteiger partial charge in [0.05, 0.1) is 19.2 Å². The number of hydrogen-bond donors (Lipinski definition) is 1. The second-order valence-corrected chi connectivity index (χ2v) is 3.93. The summed E-state index contributed by atoms with van der Waals surface area (Å²) in [5.74, 6) is 0.710. The standard InChI is InChI=1S/C14H19NO2/c1-5-8-15-9-13(16)12-7-6-10(2)11(3)14(12)17-4/h5-7,15H,1,8-9H2,2-4H3. The van der Waals surface area contributed by atoms with Crippen molar-refractivity contribution in [1.29, 1.82) is 0 Å². The van der Waals surface area contributed by atoms with Crippen molar-refractivity contribution < 1.29 is 9.53 Å². The normalized spacial score (nSPS) is 10.1. The number of ether oxygens (including phenoxy) is 1. The molecule has 0 spiro atoms. The highest BCUT2D eigenvalue weighted by molar-refractivity contribution is 6.00. The molecule has 1 aromatic rings. The average molecular weight is 233 g/mol. The van der Waals surface area contributed by atoms with E-state index in [1.54, 1.807) is 13.2 Å². The molecule has 3 heteroatoms. The van der Waals surface area contributed by atoms with Crippen molar-refractivity contribution in [3.05, 3.63) is 41.5 Å². The fourth-order valence-corrected chi connectivity index (χ4v) is 1.66. The molecule has 0 aromatic heterocycles. The summed E-state index contributed by atoms with van der Waals surface area (Å²) >= 11 is 0. The summed E-state index contributed by atoms with van der Waals surface area (Å²) in [6.07, 6.45) is 1.73. The molecule has 0 aliphatic rings. The molecule has 1 aromatic carbocycles. The Bertz CT molecular complexity index is 424. The van der Waals surface area contributed by atoms with Gasteiger partial charge in [-0.25, -0.2) is 0 Å². The molecule has 0 amide bonds. The number of carbonyl (C=O) groups excluding carboxylic acids is 1. The van der Waals surface area contributed by atoms with E-state index in [9.17, 15) is 4.79 Å². The minimum atomic E-state index is 0.0341. The Kier molecular flexibility index (Phi) is 4.91. The average Bonchev–Trinajstić information content (AvgIpc) is 2.32. The maximum Gasteiger partial charge on any atom is 0.180 e. The van der Waals surface area contributed by atoms with Crippen LogP contribution in [0.1, 0.15) is 21.5 Å². The van der Waals surface area contributed by atoms with Gasteiger partial charge in [-0.1, -0.05) is 12.1 Å². The Labute approximate surface area is 102 Å². The number of Topliss-reactive ketones (excluding diaryl/α,β-unsaturated/α-hetero) is 1. The SMILES string of the molecule is C=CCNCC(=O)c1ccc(C)c(C)c1OC. The van der Waals surface area contributed by atoms with E-state index in [2.05, 4.69) is 11.9 Å². The van der Waals surface area contributed by atoms with Crippen molar-refractivity contribution in [3.63, 3.8) is 0 Å². The first kappa shape index (κ1) is 13.5. The minimum absolute atomic E-state index is 0.0341. The smallest absolute Gasteiger partial charge is 0.180 e. The maximum absolute atomic E-state index is 12.0. The molecule has 0 unspecified atom stereocenters. The Morgan fingerprint density at radius 3 is 2.76 bits per heavy atom. The van der Waals surface area contributed by atoms with E-state index in [1.165, 1.54) is 0 Å². The van der Waals surface area contributed by atoms with E-state index in [4.69, 9.17) is 4.74 Å². The van der Waals surface area contributed by atoms with Gasteiger partial charge in [0.15, 0.2) is 5.78 Å². The van der Waals surface area contributed by atoms with Crippen LogP contribution in [0.2, 0.25) is 0 Å². The lowest BCUT2D eigenvalue weighted by Gasteiger charge is -2.12. The van der Waals surface area contributed by atoms with Crippen LogP contribution in [-0.4, -0.2) is 26.0 Å². The lowest BCUT2D eigenvalue weighted by molar-refractivity contribution is 0.0989. The van der Waals surface area contributed by atoms with E-state index >= 15 is 0 Å². The Morgan fingerprint density at radius 2 is 2.18 bits per heavy atom. The van der Waals surface area contributed by atoms with Crippen molar-refractivity contribution in [2.45, 2.75) is 13.8 Å². The van der Waals surface area contributed by atoms with Gasteiger partial charge in [-0.3, -0.25) is 4.79 Å². The summed E-state index contributed by atoms with van der Waals surface area (Å²) in [4.78, 5) is 12.0. The number of hydrogen-bond acceptors (Lipinski definition) is 3. The van der Waals surface area contributed by atoms with E-state index < -0.39 is 0 Å². The molecule has 0 aliphatic carbocycles. The summed E-state index contributed by atoms with van der Waals surface area (Å²) in [6, 6.07) is 3.76. The monoisotopic (exact) mass is 233 g/mol. The molecule has 1 rings (SSSR count).